The van der Waals surface area contributed by atoms with Gasteiger partial charge in [-0.25, -0.2) is 9.97 Å². The van der Waals surface area contributed by atoms with Crippen molar-refractivity contribution in [2.45, 2.75) is 13.8 Å². The van der Waals surface area contributed by atoms with E-state index >= 15 is 0 Å². The molecule has 20 heavy (non-hydrogen) atoms. The molecule has 0 aliphatic rings. The predicted octanol–water partition coefficient (Wildman–Crippen LogP) is 0.948. The van der Waals surface area contributed by atoms with Gasteiger partial charge in [0.25, 0.3) is 5.91 Å². The minimum atomic E-state index is -0.558. The number of rotatable bonds is 2. The van der Waals surface area contributed by atoms with Gasteiger partial charge in [-0.15, -0.1) is 0 Å². The molecule has 0 saturated carbocycles. The third-order valence-electron chi connectivity index (χ3n) is 2.62. The van der Waals surface area contributed by atoms with Gasteiger partial charge in [0.1, 0.15) is 6.07 Å². The summed E-state index contributed by atoms with van der Waals surface area (Å²) in [4.78, 5) is 25.8. The molecule has 0 radical (unpaired) electrons. The number of aromatic nitrogens is 3. The molecule has 1 amide bonds. The molecule has 7 nitrogen and oxygen atoms in total. The van der Waals surface area contributed by atoms with Crippen molar-refractivity contribution in [3.8, 4) is 6.07 Å². The average molecular weight is 270 g/mol. The summed E-state index contributed by atoms with van der Waals surface area (Å²) in [7, 11) is 3.50. The molecule has 0 fully saturated rings. The van der Waals surface area contributed by atoms with Crippen molar-refractivity contribution in [3.05, 3.63) is 28.8 Å². The summed E-state index contributed by atoms with van der Waals surface area (Å²) in [6.45, 7) is 3.67. The molecule has 0 bridgehead atoms. The van der Waals surface area contributed by atoms with Crippen LogP contribution in [0.2, 0.25) is 0 Å². The number of imidazole rings is 1. The molecule has 0 aliphatic carbocycles. The van der Waals surface area contributed by atoms with Crippen molar-refractivity contribution in [2.24, 2.45) is 4.99 Å². The van der Waals surface area contributed by atoms with E-state index in [-0.39, 0.29) is 11.4 Å². The molecule has 0 spiro atoms. The van der Waals surface area contributed by atoms with Gasteiger partial charge in [0, 0.05) is 25.5 Å². The van der Waals surface area contributed by atoms with E-state index in [1.165, 1.54) is 6.34 Å². The standard InChI is InChI=1S/C13H14N6O/c1-8-5-9(2)19-10(6-14)11(17-13(19)16-8)12(20)15-7-18(3)4/h5,7H,1-4H3. The van der Waals surface area contributed by atoms with Crippen LogP contribution in [0.5, 0.6) is 0 Å². The van der Waals surface area contributed by atoms with Crippen LogP contribution >= 0.6 is 0 Å². The highest BCUT2D eigenvalue weighted by atomic mass is 16.1. The van der Waals surface area contributed by atoms with Gasteiger partial charge < -0.3 is 4.90 Å². The van der Waals surface area contributed by atoms with Crippen molar-refractivity contribution in [1.82, 2.24) is 19.3 Å². The highest BCUT2D eigenvalue weighted by molar-refractivity contribution is 5.99. The van der Waals surface area contributed by atoms with Gasteiger partial charge in [-0.1, -0.05) is 0 Å². The van der Waals surface area contributed by atoms with E-state index in [9.17, 15) is 10.1 Å². The Morgan fingerprint density at radius 1 is 1.45 bits per heavy atom. The summed E-state index contributed by atoms with van der Waals surface area (Å²) in [5, 5.41) is 9.27. The van der Waals surface area contributed by atoms with E-state index in [0.29, 0.717) is 5.78 Å². The van der Waals surface area contributed by atoms with Crippen molar-refractivity contribution in [1.29, 1.82) is 5.26 Å². The van der Waals surface area contributed by atoms with Crippen LogP contribution in [0.25, 0.3) is 5.78 Å². The van der Waals surface area contributed by atoms with Crippen LogP contribution in [0.3, 0.4) is 0 Å². The second-order valence-electron chi connectivity index (χ2n) is 4.61. The summed E-state index contributed by atoms with van der Waals surface area (Å²) in [5.41, 5.74) is 1.75. The van der Waals surface area contributed by atoms with Gasteiger partial charge >= 0.3 is 0 Å². The lowest BCUT2D eigenvalue weighted by Crippen LogP contribution is -2.10. The molecule has 102 valence electrons. The lowest BCUT2D eigenvalue weighted by Gasteiger charge is -2.01. The Labute approximate surface area is 116 Å². The zero-order valence-corrected chi connectivity index (χ0v) is 11.7. The Morgan fingerprint density at radius 3 is 2.75 bits per heavy atom. The third-order valence-corrected chi connectivity index (χ3v) is 2.62. The molecule has 0 atom stereocenters. The van der Waals surface area contributed by atoms with E-state index in [1.807, 2.05) is 26.0 Å². The number of aryl methyl sites for hydroxylation is 2. The lowest BCUT2D eigenvalue weighted by molar-refractivity contribution is 0.0998. The normalized spacial score (nSPS) is 10.9. The number of nitriles is 1. The first-order chi connectivity index (χ1) is 9.43. The van der Waals surface area contributed by atoms with E-state index in [4.69, 9.17) is 0 Å². The number of hydrogen-bond donors (Lipinski definition) is 0. The third kappa shape index (κ3) is 2.36. The quantitative estimate of drug-likeness (QED) is 0.599. The summed E-state index contributed by atoms with van der Waals surface area (Å²) >= 11 is 0. The molecule has 7 heteroatoms. The van der Waals surface area contributed by atoms with Crippen molar-refractivity contribution in [2.75, 3.05) is 14.1 Å². The SMILES string of the molecule is Cc1cc(C)n2c(C#N)c(C(=O)N=CN(C)C)nc2n1. The van der Waals surface area contributed by atoms with Crippen molar-refractivity contribution in [3.63, 3.8) is 0 Å². The first-order valence-electron chi connectivity index (χ1n) is 5.95. The first-order valence-corrected chi connectivity index (χ1v) is 5.95. The number of fused-ring (bicyclic) bond motifs is 1. The summed E-state index contributed by atoms with van der Waals surface area (Å²) in [5.74, 6) is -0.222. The maximum Gasteiger partial charge on any atom is 0.300 e. The average Bonchev–Trinajstić information content (AvgIpc) is 2.74. The van der Waals surface area contributed by atoms with Gasteiger partial charge in [-0.3, -0.25) is 9.20 Å². The number of aliphatic imine (C=N–C) groups is 1. The van der Waals surface area contributed by atoms with Gasteiger partial charge in [0.2, 0.25) is 5.78 Å². The number of carbonyl (C=O) groups excluding carboxylic acids is 1. The number of carbonyl (C=O) groups is 1. The maximum absolute atomic E-state index is 12.0. The van der Waals surface area contributed by atoms with Crippen LogP contribution in [-0.2, 0) is 0 Å². The van der Waals surface area contributed by atoms with Gasteiger partial charge in [-0.05, 0) is 19.9 Å². The van der Waals surface area contributed by atoms with Crippen LogP contribution < -0.4 is 0 Å². The Bertz CT molecular complexity index is 750. The van der Waals surface area contributed by atoms with Crippen LogP contribution in [0.15, 0.2) is 11.1 Å². The number of nitrogens with zero attached hydrogens (tertiary/aromatic N) is 6. The Morgan fingerprint density at radius 2 is 2.15 bits per heavy atom. The number of amides is 1. The Kier molecular flexibility index (Phi) is 3.48. The fourth-order valence-electron chi connectivity index (χ4n) is 1.86. The van der Waals surface area contributed by atoms with E-state index in [1.54, 1.807) is 23.4 Å². The first kappa shape index (κ1) is 13.7. The molecule has 2 rings (SSSR count). The zero-order chi connectivity index (χ0) is 14.9. The molecule has 2 aromatic rings. The minimum absolute atomic E-state index is 0.0202. The Hall–Kier alpha value is -2.75. The van der Waals surface area contributed by atoms with Crippen molar-refractivity contribution >= 4 is 18.0 Å². The predicted molar refractivity (Wildman–Crippen MR) is 73.7 cm³/mol. The van der Waals surface area contributed by atoms with E-state index in [2.05, 4.69) is 15.0 Å². The van der Waals surface area contributed by atoms with Crippen LogP contribution in [0, 0.1) is 25.2 Å². The summed E-state index contributed by atoms with van der Waals surface area (Å²) < 4.78 is 1.56. The minimum Gasteiger partial charge on any atom is -0.369 e. The fourth-order valence-corrected chi connectivity index (χ4v) is 1.86. The molecule has 0 aliphatic heterocycles. The van der Waals surface area contributed by atoms with Gasteiger partial charge in [0.05, 0.1) is 6.34 Å². The maximum atomic E-state index is 12.0. The van der Waals surface area contributed by atoms with E-state index in [0.717, 1.165) is 11.4 Å². The molecule has 0 N–H and O–H groups in total. The van der Waals surface area contributed by atoms with Crippen LogP contribution in [0.1, 0.15) is 27.6 Å². The topological polar surface area (TPSA) is 86.6 Å². The molecular weight excluding hydrogens is 256 g/mol. The molecular formula is C13H14N6O. The fraction of sp³-hybridized carbons (Fsp3) is 0.308. The molecule has 2 heterocycles. The largest absolute Gasteiger partial charge is 0.369 e. The highest BCUT2D eigenvalue weighted by Crippen LogP contribution is 2.15. The zero-order valence-electron chi connectivity index (χ0n) is 11.7. The van der Waals surface area contributed by atoms with Crippen molar-refractivity contribution < 1.29 is 4.79 Å². The second-order valence-corrected chi connectivity index (χ2v) is 4.61. The van der Waals surface area contributed by atoms with E-state index < -0.39 is 5.91 Å². The molecule has 0 aromatic carbocycles. The molecule has 2 aromatic heterocycles. The highest BCUT2D eigenvalue weighted by Gasteiger charge is 2.20. The summed E-state index contributed by atoms with van der Waals surface area (Å²) in [6, 6.07) is 3.83. The second kappa shape index (κ2) is 5.09. The molecule has 0 saturated heterocycles. The van der Waals surface area contributed by atoms with Gasteiger partial charge in [0.15, 0.2) is 11.4 Å². The smallest absolute Gasteiger partial charge is 0.300 e. The summed E-state index contributed by atoms with van der Waals surface area (Å²) in [6.07, 6.45) is 1.37. The van der Waals surface area contributed by atoms with Gasteiger partial charge in [-0.2, -0.15) is 10.3 Å². The number of hydrogen-bond acceptors (Lipinski definition) is 4. The monoisotopic (exact) mass is 270 g/mol. The van der Waals surface area contributed by atoms with Crippen LogP contribution in [0.4, 0.5) is 0 Å². The Balaban J connectivity index is 2.64. The van der Waals surface area contributed by atoms with Crippen LogP contribution in [-0.4, -0.2) is 45.6 Å². The molecule has 0 unspecified atom stereocenters. The lowest BCUT2D eigenvalue weighted by atomic mass is 10.3.